The molecule has 1 aliphatic heterocycles. The molecule has 11 heteroatoms. The van der Waals surface area contributed by atoms with Gasteiger partial charge in [0.2, 0.25) is 5.91 Å². The number of hydrogen-bond acceptors (Lipinski definition) is 7. The average Bonchev–Trinajstić information content (AvgIpc) is 3.42. The van der Waals surface area contributed by atoms with E-state index < -0.39 is 11.6 Å². The van der Waals surface area contributed by atoms with Crippen molar-refractivity contribution in [3.8, 4) is 17.2 Å². The van der Waals surface area contributed by atoms with Crippen LogP contribution in [-0.2, 0) is 22.7 Å². The molecule has 0 aliphatic carbocycles. The van der Waals surface area contributed by atoms with Gasteiger partial charge >= 0.3 is 0 Å². The van der Waals surface area contributed by atoms with Gasteiger partial charge in [-0.2, -0.15) is 4.98 Å². The van der Waals surface area contributed by atoms with Crippen LogP contribution in [0.4, 0.5) is 14.5 Å². The van der Waals surface area contributed by atoms with Gasteiger partial charge in [0, 0.05) is 52.3 Å². The number of fused-ring (bicyclic) bond motifs is 1. The Morgan fingerprint density at radius 3 is 2.44 bits per heavy atom. The zero-order chi connectivity index (χ0) is 30.3. The average molecular weight is 590 g/mol. The lowest BCUT2D eigenvalue weighted by Gasteiger charge is -2.28. The van der Waals surface area contributed by atoms with Gasteiger partial charge in [-0.05, 0) is 42.7 Å². The van der Waals surface area contributed by atoms with E-state index in [0.29, 0.717) is 61.8 Å². The van der Waals surface area contributed by atoms with Crippen LogP contribution in [-0.4, -0.2) is 64.5 Å². The molecule has 1 aromatic heterocycles. The number of carbonyl (C=O) groups is 2. The zero-order valence-corrected chi connectivity index (χ0v) is 24.1. The van der Waals surface area contributed by atoms with E-state index in [-0.39, 0.29) is 36.5 Å². The monoisotopic (exact) mass is 589 g/mol. The molecular weight excluding hydrogens is 556 g/mol. The topological polar surface area (TPSA) is 92.0 Å². The molecule has 0 fully saturated rings. The second-order valence-electron chi connectivity index (χ2n) is 10.4. The van der Waals surface area contributed by atoms with Crippen molar-refractivity contribution in [2.45, 2.75) is 33.4 Å². The summed E-state index contributed by atoms with van der Waals surface area (Å²) in [4.78, 5) is 35.8. The van der Waals surface area contributed by atoms with E-state index >= 15 is 0 Å². The third kappa shape index (κ3) is 7.42. The normalized spacial score (nSPS) is 14.6. The molecule has 0 bridgehead atoms. The largest absolute Gasteiger partial charge is 0.483 e. The van der Waals surface area contributed by atoms with Crippen molar-refractivity contribution in [3.05, 3.63) is 95.3 Å². The predicted molar refractivity (Wildman–Crippen MR) is 156 cm³/mol. The minimum Gasteiger partial charge on any atom is -0.483 e. The number of aryl methyl sites for hydroxylation is 1. The SMILES string of the molecule is CC(=O)N1CCCN(Cc2ccccc2)CCN(C(=O)COc2ccccc2-c2nc(C)no2)Cc2cc(F)c(F)cc21. The second kappa shape index (κ2) is 13.6. The van der Waals surface area contributed by atoms with E-state index in [2.05, 4.69) is 15.0 Å². The summed E-state index contributed by atoms with van der Waals surface area (Å²) in [6.07, 6.45) is 0.605. The summed E-state index contributed by atoms with van der Waals surface area (Å²) in [5.41, 5.74) is 2.24. The van der Waals surface area contributed by atoms with Crippen molar-refractivity contribution < 1.29 is 27.6 Å². The van der Waals surface area contributed by atoms with E-state index in [0.717, 1.165) is 17.7 Å². The van der Waals surface area contributed by atoms with Crippen LogP contribution in [0, 0.1) is 18.6 Å². The Hall–Kier alpha value is -4.64. The van der Waals surface area contributed by atoms with Crippen molar-refractivity contribution in [2.75, 3.05) is 37.7 Å². The van der Waals surface area contributed by atoms with Crippen LogP contribution in [0.25, 0.3) is 11.5 Å². The minimum absolute atomic E-state index is 0.0395. The molecule has 2 amide bonds. The number of para-hydroxylation sites is 1. The summed E-state index contributed by atoms with van der Waals surface area (Å²) in [7, 11) is 0. The maximum Gasteiger partial charge on any atom is 0.261 e. The Balaban J connectivity index is 1.42. The molecule has 0 saturated carbocycles. The van der Waals surface area contributed by atoms with Crippen LogP contribution in [0.5, 0.6) is 5.75 Å². The second-order valence-corrected chi connectivity index (χ2v) is 10.4. The molecule has 9 nitrogen and oxygen atoms in total. The summed E-state index contributed by atoms with van der Waals surface area (Å²) in [5, 5.41) is 3.83. The Labute approximate surface area is 248 Å². The highest BCUT2D eigenvalue weighted by atomic mass is 19.2. The highest BCUT2D eigenvalue weighted by molar-refractivity contribution is 5.92. The van der Waals surface area contributed by atoms with E-state index in [9.17, 15) is 18.4 Å². The van der Waals surface area contributed by atoms with Crippen LogP contribution in [0.3, 0.4) is 0 Å². The van der Waals surface area contributed by atoms with E-state index in [1.54, 1.807) is 36.1 Å². The fraction of sp³-hybridized carbons (Fsp3) is 0.312. The lowest BCUT2D eigenvalue weighted by Crippen LogP contribution is -2.40. The van der Waals surface area contributed by atoms with Gasteiger partial charge in [0.1, 0.15) is 5.75 Å². The third-order valence-electron chi connectivity index (χ3n) is 7.29. The Morgan fingerprint density at radius 1 is 0.953 bits per heavy atom. The number of hydrogen-bond donors (Lipinski definition) is 0. The van der Waals surface area contributed by atoms with E-state index in [1.165, 1.54) is 11.8 Å². The fourth-order valence-corrected chi connectivity index (χ4v) is 5.13. The van der Waals surface area contributed by atoms with Crippen LogP contribution >= 0.6 is 0 Å². The first-order valence-electron chi connectivity index (χ1n) is 14.1. The molecule has 3 aromatic carbocycles. The number of halogens is 2. The first-order chi connectivity index (χ1) is 20.8. The Morgan fingerprint density at radius 2 is 1.70 bits per heavy atom. The van der Waals surface area contributed by atoms with Gasteiger partial charge in [-0.3, -0.25) is 14.5 Å². The maximum absolute atomic E-state index is 14.5. The van der Waals surface area contributed by atoms with Crippen molar-refractivity contribution in [2.24, 2.45) is 0 Å². The highest BCUT2D eigenvalue weighted by Crippen LogP contribution is 2.29. The minimum atomic E-state index is -1.06. The molecule has 0 N–H and O–H groups in total. The smallest absolute Gasteiger partial charge is 0.261 e. The van der Waals surface area contributed by atoms with Gasteiger partial charge < -0.3 is 19.1 Å². The molecule has 0 unspecified atom stereocenters. The first-order valence-corrected chi connectivity index (χ1v) is 14.1. The van der Waals surface area contributed by atoms with Gasteiger partial charge in [-0.1, -0.05) is 47.6 Å². The van der Waals surface area contributed by atoms with Gasteiger partial charge in [0.15, 0.2) is 24.1 Å². The van der Waals surface area contributed by atoms with E-state index in [4.69, 9.17) is 9.26 Å². The molecule has 0 atom stereocenters. The van der Waals surface area contributed by atoms with Gasteiger partial charge in [0.05, 0.1) is 11.3 Å². The molecule has 0 saturated heterocycles. The Kier molecular flexibility index (Phi) is 9.41. The molecular formula is C32H33F2N5O4. The summed E-state index contributed by atoms with van der Waals surface area (Å²) in [6, 6.07) is 19.1. The molecule has 43 heavy (non-hydrogen) atoms. The lowest BCUT2D eigenvalue weighted by molar-refractivity contribution is -0.134. The number of ether oxygens (including phenoxy) is 1. The Bertz CT molecular complexity index is 1580. The van der Waals surface area contributed by atoms with Gasteiger partial charge in [-0.25, -0.2) is 8.78 Å². The number of nitrogens with zero attached hydrogens (tertiary/aromatic N) is 5. The molecule has 4 aromatic rings. The number of aromatic nitrogens is 2. The van der Waals surface area contributed by atoms with Crippen LogP contribution in [0.2, 0.25) is 0 Å². The molecule has 2 heterocycles. The fourth-order valence-electron chi connectivity index (χ4n) is 5.13. The molecule has 0 radical (unpaired) electrons. The quantitative estimate of drug-likeness (QED) is 0.313. The summed E-state index contributed by atoms with van der Waals surface area (Å²) >= 11 is 0. The number of carbonyl (C=O) groups excluding carboxylic acids is 2. The van der Waals surface area contributed by atoms with Crippen LogP contribution in [0.15, 0.2) is 71.3 Å². The summed E-state index contributed by atoms with van der Waals surface area (Å²) in [5.74, 6) is -1.64. The van der Waals surface area contributed by atoms with Crippen LogP contribution < -0.4 is 9.64 Å². The van der Waals surface area contributed by atoms with Gasteiger partial charge in [0.25, 0.3) is 11.8 Å². The summed E-state index contributed by atoms with van der Waals surface area (Å²) in [6.45, 7) is 5.17. The van der Waals surface area contributed by atoms with E-state index in [1.807, 2.05) is 30.3 Å². The molecule has 0 spiro atoms. The van der Waals surface area contributed by atoms with Gasteiger partial charge in [-0.15, -0.1) is 0 Å². The first kappa shape index (κ1) is 29.8. The number of amides is 2. The zero-order valence-electron chi connectivity index (χ0n) is 24.1. The molecule has 224 valence electrons. The third-order valence-corrected chi connectivity index (χ3v) is 7.29. The number of anilines is 1. The number of rotatable bonds is 6. The summed E-state index contributed by atoms with van der Waals surface area (Å²) < 4.78 is 40.2. The van der Waals surface area contributed by atoms with Crippen molar-refractivity contribution in [1.29, 1.82) is 0 Å². The van der Waals surface area contributed by atoms with Crippen molar-refractivity contribution >= 4 is 17.5 Å². The molecule has 5 rings (SSSR count). The van der Waals surface area contributed by atoms with Crippen LogP contribution in [0.1, 0.15) is 30.3 Å². The molecule has 1 aliphatic rings. The maximum atomic E-state index is 14.5. The number of benzene rings is 3. The predicted octanol–water partition coefficient (Wildman–Crippen LogP) is 4.99. The highest BCUT2D eigenvalue weighted by Gasteiger charge is 2.25. The standard InChI is InChI=1S/C32H33F2N5O4/c1-22-35-32(43-36-22)26-11-6-7-12-30(26)42-21-31(41)38-16-15-37(19-24-9-4-3-5-10-24)13-8-14-39(23(2)40)29-18-28(34)27(33)17-25(29)20-38/h3-7,9-12,17-18H,8,13-16,19-21H2,1-2H3. The lowest BCUT2D eigenvalue weighted by atomic mass is 10.1. The van der Waals surface area contributed by atoms with Crippen molar-refractivity contribution in [3.63, 3.8) is 0 Å². The van der Waals surface area contributed by atoms with Crippen molar-refractivity contribution in [1.82, 2.24) is 19.9 Å².